The zero-order chi connectivity index (χ0) is 18.1. The van der Waals surface area contributed by atoms with E-state index in [1.165, 1.54) is 0 Å². The monoisotopic (exact) mass is 344 g/mol. The highest BCUT2D eigenvalue weighted by Crippen LogP contribution is 2.60. The van der Waals surface area contributed by atoms with Crippen molar-refractivity contribution in [3.8, 4) is 0 Å². The van der Waals surface area contributed by atoms with Crippen molar-refractivity contribution in [2.24, 2.45) is 16.7 Å². The Balaban J connectivity index is 1.87. The molecular weight excluding hydrogens is 320 g/mol. The first kappa shape index (κ1) is 16.4. The topological polar surface area (TPSA) is 83.7 Å². The van der Waals surface area contributed by atoms with Crippen molar-refractivity contribution in [1.82, 2.24) is 0 Å². The van der Waals surface area contributed by atoms with Crippen molar-refractivity contribution in [3.63, 3.8) is 0 Å². The van der Waals surface area contributed by atoms with Gasteiger partial charge >= 0.3 is 5.97 Å². The molecule has 0 spiro atoms. The molecule has 1 aromatic carbocycles. The van der Waals surface area contributed by atoms with Crippen LogP contribution in [0.3, 0.4) is 0 Å². The number of fused-ring (bicyclic) bond motifs is 7. The Morgan fingerprint density at radius 3 is 2.68 bits per heavy atom. The van der Waals surface area contributed by atoms with Crippen LogP contribution in [0.15, 0.2) is 18.2 Å². The molecular formula is C19H24N2O4. The fourth-order valence-electron chi connectivity index (χ4n) is 6.17. The highest BCUT2D eigenvalue weighted by atomic mass is 16.6. The predicted octanol–water partition coefficient (Wildman–Crippen LogP) is 3.63. The third-order valence-corrected chi connectivity index (χ3v) is 6.47. The number of non-ortho nitro benzene ring substituents is 1. The molecule has 4 atom stereocenters. The number of rotatable bonds is 2. The largest absolute Gasteiger partial charge is 0.481 e. The Bertz CT molecular complexity index is 775. The van der Waals surface area contributed by atoms with Crippen LogP contribution in [0.25, 0.3) is 0 Å². The smallest absolute Gasteiger partial charge is 0.308 e. The molecule has 4 rings (SSSR count). The zero-order valence-corrected chi connectivity index (χ0v) is 14.9. The molecule has 1 saturated heterocycles. The quantitative estimate of drug-likeness (QED) is 0.654. The lowest BCUT2D eigenvalue weighted by molar-refractivity contribution is -0.384. The van der Waals surface area contributed by atoms with Crippen LogP contribution in [0.1, 0.15) is 45.6 Å². The molecule has 134 valence electrons. The number of carboxylic acid groups (broad SMARTS) is 1. The van der Waals surface area contributed by atoms with Crippen molar-refractivity contribution in [2.45, 2.75) is 58.5 Å². The van der Waals surface area contributed by atoms with Crippen molar-refractivity contribution in [3.05, 3.63) is 33.9 Å². The lowest BCUT2D eigenvalue weighted by atomic mass is 9.61. The fraction of sp³-hybridized carbons (Fsp3) is 0.632. The Kier molecular flexibility index (Phi) is 3.25. The molecule has 2 aliphatic heterocycles. The van der Waals surface area contributed by atoms with Gasteiger partial charge in [0.05, 0.1) is 10.8 Å². The molecule has 6 heteroatoms. The maximum absolute atomic E-state index is 12.1. The summed E-state index contributed by atoms with van der Waals surface area (Å²) in [6.45, 7) is 6.77. The summed E-state index contributed by atoms with van der Waals surface area (Å²) in [5, 5.41) is 21.0. The Hall–Kier alpha value is -2.11. The van der Waals surface area contributed by atoms with E-state index in [2.05, 4.69) is 25.7 Å². The molecule has 1 aliphatic carbocycles. The van der Waals surface area contributed by atoms with Gasteiger partial charge in [-0.2, -0.15) is 0 Å². The highest BCUT2D eigenvalue weighted by molar-refractivity contribution is 5.76. The molecule has 0 aromatic heterocycles. The van der Waals surface area contributed by atoms with E-state index in [1.807, 2.05) is 6.07 Å². The number of hydrogen-bond acceptors (Lipinski definition) is 4. The first-order chi connectivity index (χ1) is 11.6. The number of aliphatic carboxylic acids is 1. The van der Waals surface area contributed by atoms with E-state index in [0.717, 1.165) is 30.5 Å². The predicted molar refractivity (Wildman–Crippen MR) is 93.7 cm³/mol. The average molecular weight is 344 g/mol. The van der Waals surface area contributed by atoms with Crippen molar-refractivity contribution >= 4 is 17.3 Å². The van der Waals surface area contributed by atoms with Gasteiger partial charge in [0.15, 0.2) is 0 Å². The number of nitrogens with zero attached hydrogens (tertiary/aromatic N) is 2. The normalized spacial score (nSPS) is 35.0. The second-order valence-electron chi connectivity index (χ2n) is 9.13. The van der Waals surface area contributed by atoms with Gasteiger partial charge in [-0.3, -0.25) is 14.9 Å². The van der Waals surface area contributed by atoms with E-state index in [-0.39, 0.29) is 22.6 Å². The van der Waals surface area contributed by atoms with Gasteiger partial charge in [-0.25, -0.2) is 0 Å². The van der Waals surface area contributed by atoms with Crippen LogP contribution in [0.4, 0.5) is 11.4 Å². The summed E-state index contributed by atoms with van der Waals surface area (Å²) in [4.78, 5) is 25.1. The summed E-state index contributed by atoms with van der Waals surface area (Å²) in [6.07, 6.45) is 3.42. The number of nitro benzene ring substituents is 1. The first-order valence-electron chi connectivity index (χ1n) is 8.90. The molecule has 2 bridgehead atoms. The molecule has 6 nitrogen and oxygen atoms in total. The van der Waals surface area contributed by atoms with E-state index in [0.29, 0.717) is 12.5 Å². The summed E-state index contributed by atoms with van der Waals surface area (Å²) in [5.74, 6) is -1.31. The third-order valence-electron chi connectivity index (χ3n) is 6.47. The average Bonchev–Trinajstić information content (AvgIpc) is 2.72. The van der Waals surface area contributed by atoms with Crippen LogP contribution in [-0.4, -0.2) is 28.1 Å². The minimum atomic E-state index is -0.793. The lowest BCUT2D eigenvalue weighted by Crippen LogP contribution is -2.51. The number of anilines is 1. The summed E-state index contributed by atoms with van der Waals surface area (Å²) < 4.78 is 0. The van der Waals surface area contributed by atoms with Crippen LogP contribution in [0.2, 0.25) is 0 Å². The van der Waals surface area contributed by atoms with Gasteiger partial charge in [0.25, 0.3) is 5.69 Å². The number of hydrogen-bond donors (Lipinski definition) is 1. The van der Waals surface area contributed by atoms with Crippen LogP contribution < -0.4 is 4.90 Å². The number of carboxylic acids is 1. The summed E-state index contributed by atoms with van der Waals surface area (Å²) >= 11 is 0. The minimum absolute atomic E-state index is 0.0328. The van der Waals surface area contributed by atoms with Gasteiger partial charge in [-0.15, -0.1) is 0 Å². The van der Waals surface area contributed by atoms with Crippen LogP contribution in [0, 0.1) is 26.9 Å². The number of nitro groups is 1. The van der Waals surface area contributed by atoms with E-state index in [4.69, 9.17) is 0 Å². The van der Waals surface area contributed by atoms with E-state index < -0.39 is 16.8 Å². The second kappa shape index (κ2) is 4.96. The Labute approximate surface area is 147 Å². The van der Waals surface area contributed by atoms with Crippen LogP contribution in [0.5, 0.6) is 0 Å². The Morgan fingerprint density at radius 1 is 1.32 bits per heavy atom. The molecule has 2 heterocycles. The SMILES string of the molecule is CC1(C)C[C@H]2C[C@@](C)(C1)[C@H]1[C@@H](C(=O)O)Cc3cc([N+](=O)[O-])ccc3N21. The van der Waals surface area contributed by atoms with Crippen LogP contribution in [-0.2, 0) is 11.2 Å². The minimum Gasteiger partial charge on any atom is -0.481 e. The fourth-order valence-corrected chi connectivity index (χ4v) is 6.17. The number of carbonyl (C=O) groups is 1. The molecule has 1 saturated carbocycles. The van der Waals surface area contributed by atoms with Crippen LogP contribution >= 0.6 is 0 Å². The van der Waals surface area contributed by atoms with Gasteiger partial charge < -0.3 is 10.0 Å². The van der Waals surface area contributed by atoms with Gasteiger partial charge in [-0.1, -0.05) is 20.8 Å². The van der Waals surface area contributed by atoms with Crippen molar-refractivity contribution < 1.29 is 14.8 Å². The van der Waals surface area contributed by atoms with E-state index >= 15 is 0 Å². The van der Waals surface area contributed by atoms with Crippen molar-refractivity contribution in [1.29, 1.82) is 0 Å². The van der Waals surface area contributed by atoms with E-state index in [1.54, 1.807) is 12.1 Å². The number of benzene rings is 1. The summed E-state index contributed by atoms with van der Waals surface area (Å²) in [6, 6.07) is 5.21. The van der Waals surface area contributed by atoms with Gasteiger partial charge in [0.2, 0.25) is 0 Å². The standard InChI is InChI=1S/C19H24N2O4/c1-18(2)8-13-9-19(3,10-18)16-14(17(22)23)7-11-6-12(21(24)25)4-5-15(11)20(13)16/h4-6,13-14,16H,7-10H2,1-3H3,(H,22,23)/t13-,14-,16+,19-/m0/s1. The third kappa shape index (κ3) is 2.34. The molecule has 1 N–H and O–H groups in total. The molecule has 0 unspecified atom stereocenters. The summed E-state index contributed by atoms with van der Waals surface area (Å²) in [7, 11) is 0. The molecule has 3 aliphatic rings. The first-order valence-corrected chi connectivity index (χ1v) is 8.90. The summed E-state index contributed by atoms with van der Waals surface area (Å²) in [5.41, 5.74) is 1.98. The molecule has 0 amide bonds. The Morgan fingerprint density at radius 2 is 2.04 bits per heavy atom. The van der Waals surface area contributed by atoms with Gasteiger partial charge in [0, 0.05) is 29.9 Å². The molecule has 25 heavy (non-hydrogen) atoms. The maximum atomic E-state index is 12.1. The lowest BCUT2D eigenvalue weighted by Gasteiger charge is -2.44. The second-order valence-corrected chi connectivity index (χ2v) is 9.13. The van der Waals surface area contributed by atoms with Gasteiger partial charge in [-0.05, 0) is 48.1 Å². The van der Waals surface area contributed by atoms with E-state index in [9.17, 15) is 20.0 Å². The molecule has 2 fully saturated rings. The maximum Gasteiger partial charge on any atom is 0.308 e. The zero-order valence-electron chi connectivity index (χ0n) is 14.9. The highest BCUT2D eigenvalue weighted by Gasteiger charge is 2.60. The van der Waals surface area contributed by atoms with Gasteiger partial charge in [0.1, 0.15) is 0 Å². The molecule has 1 aromatic rings. The van der Waals surface area contributed by atoms with Crippen molar-refractivity contribution in [2.75, 3.05) is 4.90 Å². The molecule has 0 radical (unpaired) electrons.